The number of benzene rings is 2. The number of hydrogen-bond donors (Lipinski definition) is 3. The zero-order valence-corrected chi connectivity index (χ0v) is 24.2. The van der Waals surface area contributed by atoms with Crippen LogP contribution in [0, 0.1) is 0 Å². The largest absolute Gasteiger partial charge is 0.497 e. The third kappa shape index (κ3) is 7.11. The standard InChI is InChI=1S/C32H32N6O6/c1-40-22-3-7-26-30(17-22)38-32(36-26)28-9-5-24(19-34-28)44-15-13-42-11-10-41-12-14-43-23-4-8-27(33-18-23)31-35-25-6-2-21(20-39)16-29(25)37-31/h2-9,16-19,39H,10-15,20H2,1H3,(H,35,37)(H,36,38). The Kier molecular flexibility index (Phi) is 9.21. The van der Waals surface area contributed by atoms with Gasteiger partial charge in [0.05, 0.1) is 74.6 Å². The van der Waals surface area contributed by atoms with Gasteiger partial charge in [0.25, 0.3) is 0 Å². The molecule has 0 aliphatic rings. The maximum atomic E-state index is 9.32. The molecule has 6 rings (SSSR count). The second kappa shape index (κ2) is 14.0. The number of imidazole rings is 2. The molecule has 0 bridgehead atoms. The van der Waals surface area contributed by atoms with Crippen LogP contribution in [-0.2, 0) is 16.1 Å². The third-order valence-electron chi connectivity index (χ3n) is 6.74. The van der Waals surface area contributed by atoms with Crippen LogP contribution in [-0.4, -0.2) is 81.8 Å². The fourth-order valence-electron chi connectivity index (χ4n) is 4.48. The van der Waals surface area contributed by atoms with E-state index in [1.165, 1.54) is 0 Å². The van der Waals surface area contributed by atoms with Crippen LogP contribution in [0.3, 0.4) is 0 Å². The molecule has 2 aromatic carbocycles. The SMILES string of the molecule is COc1ccc2nc(-c3ccc(OCCOCCOCCOc4ccc(-c5nc6ccc(CO)cc6[nH]5)nc4)cn3)[nH]c2c1. The number of fused-ring (bicyclic) bond motifs is 2. The summed E-state index contributed by atoms with van der Waals surface area (Å²) in [5.74, 6) is 3.40. The lowest BCUT2D eigenvalue weighted by Crippen LogP contribution is -2.13. The fourth-order valence-corrected chi connectivity index (χ4v) is 4.48. The summed E-state index contributed by atoms with van der Waals surface area (Å²) in [5.41, 5.74) is 5.65. The number of nitrogens with zero attached hydrogens (tertiary/aromatic N) is 4. The van der Waals surface area contributed by atoms with Crippen LogP contribution in [0.5, 0.6) is 17.2 Å². The van der Waals surface area contributed by atoms with Crippen LogP contribution < -0.4 is 14.2 Å². The number of aromatic nitrogens is 6. The lowest BCUT2D eigenvalue weighted by atomic mass is 10.2. The van der Waals surface area contributed by atoms with E-state index in [2.05, 4.69) is 29.9 Å². The summed E-state index contributed by atoms with van der Waals surface area (Å²) in [4.78, 5) is 24.6. The summed E-state index contributed by atoms with van der Waals surface area (Å²) in [5, 5.41) is 9.32. The molecule has 0 saturated heterocycles. The first kappa shape index (κ1) is 29.1. The molecule has 44 heavy (non-hydrogen) atoms. The van der Waals surface area contributed by atoms with Crippen LogP contribution in [0.4, 0.5) is 0 Å². The Morgan fingerprint density at radius 2 is 1.14 bits per heavy atom. The first-order chi connectivity index (χ1) is 21.7. The van der Waals surface area contributed by atoms with E-state index in [-0.39, 0.29) is 6.61 Å². The van der Waals surface area contributed by atoms with Gasteiger partial charge in [-0.05, 0) is 54.1 Å². The minimum Gasteiger partial charge on any atom is -0.497 e. The van der Waals surface area contributed by atoms with Gasteiger partial charge in [-0.3, -0.25) is 0 Å². The van der Waals surface area contributed by atoms with Gasteiger partial charge in [0, 0.05) is 6.07 Å². The predicted octanol–water partition coefficient (Wildman–Crippen LogP) is 4.56. The molecular weight excluding hydrogens is 564 g/mol. The first-order valence-electron chi connectivity index (χ1n) is 14.2. The van der Waals surface area contributed by atoms with Crippen molar-refractivity contribution in [3.8, 4) is 40.3 Å². The molecule has 12 heteroatoms. The van der Waals surface area contributed by atoms with Crippen molar-refractivity contribution < 1.29 is 28.8 Å². The Morgan fingerprint density at radius 1 is 0.614 bits per heavy atom. The topological polar surface area (TPSA) is 150 Å². The van der Waals surface area contributed by atoms with E-state index < -0.39 is 0 Å². The van der Waals surface area contributed by atoms with Crippen molar-refractivity contribution in [2.24, 2.45) is 0 Å². The monoisotopic (exact) mass is 596 g/mol. The molecular formula is C32H32N6O6. The van der Waals surface area contributed by atoms with Gasteiger partial charge in [0.15, 0.2) is 11.6 Å². The van der Waals surface area contributed by atoms with E-state index in [4.69, 9.17) is 23.7 Å². The third-order valence-corrected chi connectivity index (χ3v) is 6.74. The number of methoxy groups -OCH3 is 1. The molecule has 6 aromatic rings. The first-order valence-corrected chi connectivity index (χ1v) is 14.2. The zero-order valence-electron chi connectivity index (χ0n) is 24.2. The second-order valence-corrected chi connectivity index (χ2v) is 9.74. The van der Waals surface area contributed by atoms with Crippen molar-refractivity contribution in [2.45, 2.75) is 6.61 Å². The lowest BCUT2D eigenvalue weighted by molar-refractivity contribution is 0.0273. The highest BCUT2D eigenvalue weighted by Gasteiger charge is 2.09. The summed E-state index contributed by atoms with van der Waals surface area (Å²) in [7, 11) is 1.64. The van der Waals surface area contributed by atoms with E-state index in [1.807, 2.05) is 60.7 Å². The molecule has 0 amide bonds. The zero-order chi connectivity index (χ0) is 30.1. The summed E-state index contributed by atoms with van der Waals surface area (Å²) >= 11 is 0. The Morgan fingerprint density at radius 3 is 1.66 bits per heavy atom. The molecule has 226 valence electrons. The normalized spacial score (nSPS) is 11.3. The van der Waals surface area contributed by atoms with Gasteiger partial charge < -0.3 is 38.8 Å². The molecule has 0 spiro atoms. The van der Waals surface area contributed by atoms with E-state index >= 15 is 0 Å². The van der Waals surface area contributed by atoms with Gasteiger partial charge in [-0.25, -0.2) is 19.9 Å². The summed E-state index contributed by atoms with van der Waals surface area (Å²) in [6.07, 6.45) is 3.33. The minimum absolute atomic E-state index is 0.0155. The summed E-state index contributed by atoms with van der Waals surface area (Å²) in [6, 6.07) is 18.7. The van der Waals surface area contributed by atoms with E-state index in [1.54, 1.807) is 19.5 Å². The van der Waals surface area contributed by atoms with Crippen molar-refractivity contribution >= 4 is 22.1 Å². The van der Waals surface area contributed by atoms with Gasteiger partial charge in [-0.15, -0.1) is 0 Å². The van der Waals surface area contributed by atoms with Gasteiger partial charge >= 0.3 is 0 Å². The maximum Gasteiger partial charge on any atom is 0.157 e. The van der Waals surface area contributed by atoms with Crippen molar-refractivity contribution in [1.82, 2.24) is 29.9 Å². The minimum atomic E-state index is -0.0155. The number of rotatable bonds is 15. The molecule has 0 aliphatic heterocycles. The number of ether oxygens (including phenoxy) is 5. The van der Waals surface area contributed by atoms with Crippen molar-refractivity contribution in [3.63, 3.8) is 0 Å². The van der Waals surface area contributed by atoms with Crippen LogP contribution in [0.1, 0.15) is 5.56 Å². The molecule has 4 aromatic heterocycles. The van der Waals surface area contributed by atoms with Gasteiger partial charge in [0.2, 0.25) is 0 Å². The highest BCUT2D eigenvalue weighted by atomic mass is 16.6. The molecule has 0 saturated carbocycles. The fraction of sp³-hybridized carbons (Fsp3) is 0.250. The molecule has 0 radical (unpaired) electrons. The molecule has 0 aliphatic carbocycles. The summed E-state index contributed by atoms with van der Waals surface area (Å²) in [6.45, 7) is 2.53. The van der Waals surface area contributed by atoms with Crippen molar-refractivity contribution in [2.75, 3.05) is 46.8 Å². The predicted molar refractivity (Wildman–Crippen MR) is 164 cm³/mol. The molecule has 3 N–H and O–H groups in total. The number of aromatic amines is 2. The highest BCUT2D eigenvalue weighted by Crippen LogP contribution is 2.24. The lowest BCUT2D eigenvalue weighted by Gasteiger charge is -2.09. The van der Waals surface area contributed by atoms with Crippen LogP contribution >= 0.6 is 0 Å². The van der Waals surface area contributed by atoms with Gasteiger partial charge in [-0.1, -0.05) is 6.07 Å². The van der Waals surface area contributed by atoms with E-state index in [0.29, 0.717) is 68.5 Å². The second-order valence-electron chi connectivity index (χ2n) is 9.74. The number of nitrogens with one attached hydrogen (secondary N) is 2. The Labute approximate surface area is 253 Å². The van der Waals surface area contributed by atoms with Crippen molar-refractivity contribution in [1.29, 1.82) is 0 Å². The molecule has 0 fully saturated rings. The van der Waals surface area contributed by atoms with E-state index in [9.17, 15) is 5.11 Å². The number of aliphatic hydroxyl groups is 1. The van der Waals surface area contributed by atoms with Crippen LogP contribution in [0.15, 0.2) is 73.1 Å². The summed E-state index contributed by atoms with van der Waals surface area (Å²) < 4.78 is 27.9. The van der Waals surface area contributed by atoms with E-state index in [0.717, 1.165) is 39.1 Å². The number of pyridine rings is 2. The Balaban J connectivity index is 0.837. The maximum absolute atomic E-state index is 9.32. The number of aliphatic hydroxyl groups excluding tert-OH is 1. The molecule has 4 heterocycles. The Bertz CT molecular complexity index is 1670. The van der Waals surface area contributed by atoms with Gasteiger partial charge in [-0.2, -0.15) is 0 Å². The van der Waals surface area contributed by atoms with Crippen LogP contribution in [0.25, 0.3) is 45.1 Å². The van der Waals surface area contributed by atoms with Crippen molar-refractivity contribution in [3.05, 3.63) is 78.6 Å². The van der Waals surface area contributed by atoms with Gasteiger partial charge in [0.1, 0.15) is 41.9 Å². The average molecular weight is 597 g/mol. The Hall–Kier alpha value is -5.04. The average Bonchev–Trinajstić information content (AvgIpc) is 3.70. The smallest absolute Gasteiger partial charge is 0.157 e. The number of hydrogen-bond acceptors (Lipinski definition) is 10. The molecule has 12 nitrogen and oxygen atoms in total. The molecule has 0 atom stereocenters. The van der Waals surface area contributed by atoms with Crippen LogP contribution in [0.2, 0.25) is 0 Å². The number of H-pyrrole nitrogens is 2. The molecule has 0 unspecified atom stereocenters. The highest BCUT2D eigenvalue weighted by molar-refractivity contribution is 5.80. The quantitative estimate of drug-likeness (QED) is 0.144.